The van der Waals surface area contributed by atoms with Crippen LogP contribution in [0.15, 0.2) is 142 Å². The molecular weight excluding hydrogens is 993 g/mol. The smallest absolute Gasteiger partial charge is 0.433 e. The van der Waals surface area contributed by atoms with Gasteiger partial charge in [0.1, 0.15) is 26.9 Å². The first kappa shape index (κ1) is 49.5. The van der Waals surface area contributed by atoms with E-state index in [1.165, 1.54) is 36.4 Å². The van der Waals surface area contributed by atoms with Crippen LogP contribution in [0.2, 0.25) is 0 Å². The molecule has 29 heteroatoms. The van der Waals surface area contributed by atoms with Crippen molar-refractivity contribution in [1.29, 1.82) is 0 Å². The van der Waals surface area contributed by atoms with Crippen molar-refractivity contribution in [2.24, 2.45) is 20.5 Å². The normalized spacial score (nSPS) is 12.5. The summed E-state index contributed by atoms with van der Waals surface area (Å²) in [4.78, 5) is 4.11. The number of phenols is 1. The minimum atomic E-state index is -5.27. The number of hydrogen-bond acceptors (Lipinski definition) is 22. The molecule has 0 radical (unpaired) electrons. The quantitative estimate of drug-likeness (QED) is 0.00744. The number of para-hydroxylation sites is 1. The molecule has 7 N–H and O–H groups in total. The second-order valence-electron chi connectivity index (χ2n) is 13.1. The van der Waals surface area contributed by atoms with Crippen molar-refractivity contribution >= 4 is 120 Å². The molecular formula is C37H30N6O17S6. The summed E-state index contributed by atoms with van der Waals surface area (Å²) < 4.78 is 136. The molecule has 0 aliphatic carbocycles. The summed E-state index contributed by atoms with van der Waals surface area (Å²) >= 11 is 1.18. The number of fused-ring (bicyclic) bond motifs is 2. The molecule has 6 rings (SSSR count). The van der Waals surface area contributed by atoms with E-state index in [1.54, 1.807) is 24.1 Å². The molecule has 346 valence electrons. The van der Waals surface area contributed by atoms with Crippen LogP contribution in [0.5, 0.6) is 5.75 Å². The van der Waals surface area contributed by atoms with Crippen LogP contribution >= 0.6 is 23.8 Å². The van der Waals surface area contributed by atoms with Crippen molar-refractivity contribution in [1.82, 2.24) is 0 Å². The first-order valence-electron chi connectivity index (χ1n) is 17.8. The Kier molecular flexibility index (Phi) is 15.2. The van der Waals surface area contributed by atoms with Crippen molar-refractivity contribution in [2.45, 2.75) is 24.5 Å². The third-order valence-corrected chi connectivity index (χ3v) is 14.0. The number of phenolic OH excluding ortho intramolecular Hbond substituents is 1. The van der Waals surface area contributed by atoms with E-state index in [2.05, 4.69) is 44.3 Å². The van der Waals surface area contributed by atoms with E-state index in [1.807, 2.05) is 24.3 Å². The summed E-state index contributed by atoms with van der Waals surface area (Å²) in [5.41, 5.74) is 5.21. The predicted octanol–water partition coefficient (Wildman–Crippen LogP) is 7.70. The number of hydrogen-bond donors (Lipinski definition) is 6. The maximum atomic E-state index is 13.4. The zero-order valence-corrected chi connectivity index (χ0v) is 37.9. The highest BCUT2D eigenvalue weighted by molar-refractivity contribution is 8.04. The van der Waals surface area contributed by atoms with Crippen LogP contribution in [-0.4, -0.2) is 77.0 Å². The number of benzene rings is 6. The lowest BCUT2D eigenvalue weighted by molar-refractivity contribution is -0.432. The van der Waals surface area contributed by atoms with Crippen LogP contribution in [0, 0.1) is 11.4 Å². The Bertz CT molecular complexity index is 3430. The molecule has 0 saturated carbocycles. The van der Waals surface area contributed by atoms with E-state index in [-0.39, 0.29) is 55.0 Å². The van der Waals surface area contributed by atoms with Crippen molar-refractivity contribution < 1.29 is 76.3 Å². The van der Waals surface area contributed by atoms with Gasteiger partial charge >= 0.3 is 10.4 Å². The Morgan fingerprint density at radius 3 is 2.12 bits per heavy atom. The first-order valence-corrected chi connectivity index (χ1v) is 25.2. The van der Waals surface area contributed by atoms with Crippen molar-refractivity contribution in [3.05, 3.63) is 97.1 Å². The summed E-state index contributed by atoms with van der Waals surface area (Å²) in [6.07, 6.45) is 1.88. The van der Waals surface area contributed by atoms with Crippen molar-refractivity contribution in [3.63, 3.8) is 0 Å². The fourth-order valence-corrected chi connectivity index (χ4v) is 9.89. The van der Waals surface area contributed by atoms with Crippen molar-refractivity contribution in [3.8, 4) is 17.1 Å². The molecule has 66 heavy (non-hydrogen) atoms. The number of thioether (sulfide) groups is 1. The topological polar surface area (TPSA) is 353 Å². The van der Waals surface area contributed by atoms with Gasteiger partial charge in [0.25, 0.3) is 20.2 Å². The summed E-state index contributed by atoms with van der Waals surface area (Å²) in [6.45, 7) is 0.117. The van der Waals surface area contributed by atoms with Crippen LogP contribution in [0.3, 0.4) is 0 Å². The molecule has 0 aliphatic heterocycles. The Morgan fingerprint density at radius 1 is 0.773 bits per heavy atom. The molecule has 0 heterocycles. The fourth-order valence-electron chi connectivity index (χ4n) is 5.97. The number of aromatic hydroxyl groups is 1. The molecule has 0 spiro atoms. The van der Waals surface area contributed by atoms with Gasteiger partial charge in [-0.15, -0.1) is 19.7 Å². The molecule has 0 atom stereocenters. The van der Waals surface area contributed by atoms with Crippen LogP contribution in [-0.2, 0) is 59.1 Å². The molecule has 6 aromatic carbocycles. The minimum Gasteiger partial charge on any atom is -0.505 e. The van der Waals surface area contributed by atoms with Gasteiger partial charge in [-0.05, 0) is 93.6 Å². The summed E-state index contributed by atoms with van der Waals surface area (Å²) in [6, 6.07) is 22.7. The average Bonchev–Trinajstić information content (AvgIpc) is 3.25. The van der Waals surface area contributed by atoms with Crippen molar-refractivity contribution in [2.75, 3.05) is 30.0 Å². The number of anilines is 2. The molecule has 0 saturated heterocycles. The molecule has 23 nitrogen and oxygen atoms in total. The van der Waals surface area contributed by atoms with Gasteiger partial charge in [0.2, 0.25) is 0 Å². The highest BCUT2D eigenvalue weighted by atomic mass is 32.3. The van der Waals surface area contributed by atoms with Crippen LogP contribution < -0.4 is 10.6 Å². The van der Waals surface area contributed by atoms with Gasteiger partial charge in [-0.3, -0.25) is 18.5 Å². The average molecular weight is 1020 g/mol. The monoisotopic (exact) mass is 1020 g/mol. The summed E-state index contributed by atoms with van der Waals surface area (Å²) in [7, 11) is -17.5. The molecule has 0 fully saturated rings. The number of nitrogens with zero attached hydrogens (tertiary/aromatic N) is 5. The lowest BCUT2D eigenvalue weighted by Crippen LogP contribution is -2.25. The minimum absolute atomic E-state index is 0.0474. The predicted molar refractivity (Wildman–Crippen MR) is 238 cm³/mol. The Balaban J connectivity index is 1.37. The summed E-state index contributed by atoms with van der Waals surface area (Å²) in [5.74, 6) is -1.33. The third-order valence-electron chi connectivity index (χ3n) is 8.91. The lowest BCUT2D eigenvalue weighted by atomic mass is 10.1. The second-order valence-corrected chi connectivity index (χ2v) is 20.6. The number of nitrogens with two attached hydrogens (primary N) is 1. The molecule has 6 aromatic rings. The molecule has 0 aromatic heterocycles. The highest BCUT2D eigenvalue weighted by Gasteiger charge is 2.27. The summed E-state index contributed by atoms with van der Waals surface area (Å²) in [5, 5.41) is 41.6. The van der Waals surface area contributed by atoms with Gasteiger partial charge in [0.15, 0.2) is 21.7 Å². The number of azo groups is 2. The van der Waals surface area contributed by atoms with Gasteiger partial charge in [0, 0.05) is 34.8 Å². The van der Waals surface area contributed by atoms with Crippen LogP contribution in [0.4, 0.5) is 34.1 Å². The highest BCUT2D eigenvalue weighted by Crippen LogP contribution is 2.50. The van der Waals surface area contributed by atoms with Gasteiger partial charge < -0.3 is 15.7 Å². The maximum absolute atomic E-state index is 13.4. The van der Waals surface area contributed by atoms with Gasteiger partial charge in [-0.1, -0.05) is 35.4 Å². The Morgan fingerprint density at radius 2 is 1.47 bits per heavy atom. The van der Waals surface area contributed by atoms with E-state index in [4.69, 9.17) is 15.5 Å². The zero-order valence-electron chi connectivity index (χ0n) is 33.0. The Labute approximate surface area is 383 Å². The third kappa shape index (κ3) is 12.1. The fraction of sp³-hybridized carbons (Fsp3) is 0.0811. The van der Waals surface area contributed by atoms with Gasteiger partial charge in [0.05, 0.1) is 44.3 Å². The van der Waals surface area contributed by atoms with E-state index >= 15 is 0 Å². The molecule has 0 amide bonds. The maximum Gasteiger partial charge on any atom is 0.433 e. The van der Waals surface area contributed by atoms with Gasteiger partial charge in [-0.25, -0.2) is 13.7 Å². The van der Waals surface area contributed by atoms with Gasteiger partial charge in [-0.2, -0.15) is 30.4 Å². The number of nitrogen functional groups attached to an aromatic ring is 1. The Hall–Kier alpha value is -5.98. The largest absolute Gasteiger partial charge is 0.505 e. The van der Waals surface area contributed by atoms with E-state index in [0.29, 0.717) is 16.9 Å². The van der Waals surface area contributed by atoms with E-state index in [9.17, 15) is 47.9 Å². The van der Waals surface area contributed by atoms with E-state index < -0.39 is 73.1 Å². The zero-order chi connectivity index (χ0) is 48.0. The number of rotatable bonds is 17. The van der Waals surface area contributed by atoms with E-state index in [0.717, 1.165) is 47.8 Å². The second kappa shape index (κ2) is 20.3. The SMILES string of the molecule is CN(CCS(=O)(=O)c1ccc2c(S(=O)(=O)O)c(N=Nc3c(S(=O)(=O)O)cc4cc(SOOO)c(N=Nc5ccc(SC#COOS(=O)(=O)O)cc5)c(N)c4c3O)ccc2c1)c1ccccc1. The molecule has 0 aliphatic rings. The van der Waals surface area contributed by atoms with Crippen LogP contribution in [0.25, 0.3) is 21.5 Å². The lowest BCUT2D eigenvalue weighted by Gasteiger charge is -2.19. The number of sulfone groups is 1. The standard InChI is InChI=1S/C37H30N6O17S6/c1-43(25-5-3-2-4-6-25)15-18-63(46,47)27-12-13-28-22(19-27)7-14-29(37(28)65(51,52)53)40-42-35-31(64(48,49)50)21-23-20-30(62-59-58-45)34(33(38)32(23)36(35)44)41-39-24-8-10-26(11-9-24)61-17-16-57-60-66(54,55)56/h2-14,19-21,44-45H,15,18,38H2,1H3,(H,48,49,50)(H,51,52,53)(H,54,55,56). The molecule has 0 bridgehead atoms. The first-order chi connectivity index (χ1) is 31.1. The van der Waals surface area contributed by atoms with Crippen LogP contribution in [0.1, 0.15) is 0 Å². The molecule has 0 unspecified atom stereocenters.